The molecule has 0 aliphatic heterocycles. The van der Waals surface area contributed by atoms with Crippen molar-refractivity contribution in [1.82, 2.24) is 29.5 Å². The normalized spacial score (nSPS) is 11.2. The number of nitrogens with zero attached hydrogens (tertiary/aromatic N) is 7. The predicted molar refractivity (Wildman–Crippen MR) is 108 cm³/mol. The van der Waals surface area contributed by atoms with E-state index in [-0.39, 0.29) is 24.0 Å². The maximum absolute atomic E-state index is 4.42. The molecular weight excluding hydrogens is 419 g/mol. The average molecular weight is 446 g/mol. The molecule has 0 spiro atoms. The van der Waals surface area contributed by atoms with Crippen molar-refractivity contribution in [3.05, 3.63) is 29.8 Å². The molecule has 2 aromatic rings. The van der Waals surface area contributed by atoms with Gasteiger partial charge in [-0.2, -0.15) is 5.10 Å². The number of hydrogen-bond donors (Lipinski definition) is 1. The largest absolute Gasteiger partial charge is 0.351 e. The van der Waals surface area contributed by atoms with Gasteiger partial charge in [0.05, 0.1) is 24.6 Å². The van der Waals surface area contributed by atoms with Crippen LogP contribution >= 0.6 is 24.0 Å². The van der Waals surface area contributed by atoms with Crippen LogP contribution in [0.15, 0.2) is 23.6 Å². The number of aryl methyl sites for hydroxylation is 1. The van der Waals surface area contributed by atoms with E-state index in [9.17, 15) is 0 Å². The van der Waals surface area contributed by atoms with Crippen LogP contribution < -0.4 is 10.2 Å². The molecule has 0 saturated heterocycles. The molecule has 8 nitrogen and oxygen atoms in total. The third kappa shape index (κ3) is 4.86. The van der Waals surface area contributed by atoms with Crippen molar-refractivity contribution in [2.24, 2.45) is 19.1 Å². The highest BCUT2D eigenvalue weighted by Crippen LogP contribution is 2.10. The number of guanidine groups is 1. The Balaban J connectivity index is 0.00000288. The van der Waals surface area contributed by atoms with Gasteiger partial charge in [0.1, 0.15) is 0 Å². The van der Waals surface area contributed by atoms with Crippen LogP contribution in [0.2, 0.25) is 0 Å². The number of hydrogen-bond acceptors (Lipinski definition) is 4. The maximum atomic E-state index is 4.42. The topological polar surface area (TPSA) is 66.5 Å². The number of anilines is 1. The molecule has 2 aromatic heterocycles. The molecule has 9 heteroatoms. The summed E-state index contributed by atoms with van der Waals surface area (Å²) in [6.45, 7) is 1.42. The lowest BCUT2D eigenvalue weighted by atomic mass is 10.3. The highest BCUT2D eigenvalue weighted by Gasteiger charge is 2.11. The van der Waals surface area contributed by atoms with Crippen LogP contribution in [0.25, 0.3) is 0 Å². The zero-order chi connectivity index (χ0) is 17.0. The van der Waals surface area contributed by atoms with Crippen molar-refractivity contribution in [3.8, 4) is 0 Å². The van der Waals surface area contributed by atoms with Gasteiger partial charge >= 0.3 is 0 Å². The summed E-state index contributed by atoms with van der Waals surface area (Å²) in [5, 5.41) is 7.57. The van der Waals surface area contributed by atoms with Crippen molar-refractivity contribution >= 4 is 35.9 Å². The fraction of sp³-hybridized carbons (Fsp3) is 0.533. The summed E-state index contributed by atoms with van der Waals surface area (Å²) < 4.78 is 3.87. The molecule has 0 aliphatic carbocycles. The Kier molecular flexibility index (Phi) is 7.52. The first kappa shape index (κ1) is 20.3. The molecular formula is C15H27IN8. The molecule has 0 fully saturated rings. The summed E-state index contributed by atoms with van der Waals surface area (Å²) in [6, 6.07) is 0. The average Bonchev–Trinajstić information content (AvgIpc) is 3.06. The summed E-state index contributed by atoms with van der Waals surface area (Å²) in [7, 11) is 11.7. The smallest absolute Gasteiger partial charge is 0.204 e. The summed E-state index contributed by atoms with van der Waals surface area (Å²) in [4.78, 5) is 12.8. The van der Waals surface area contributed by atoms with Gasteiger partial charge in [0, 0.05) is 60.6 Å². The minimum Gasteiger partial charge on any atom is -0.351 e. The first-order valence-electron chi connectivity index (χ1n) is 7.49. The highest BCUT2D eigenvalue weighted by molar-refractivity contribution is 14.0. The van der Waals surface area contributed by atoms with Crippen LogP contribution in [-0.2, 0) is 27.2 Å². The van der Waals surface area contributed by atoms with Crippen molar-refractivity contribution in [1.29, 1.82) is 0 Å². The van der Waals surface area contributed by atoms with Gasteiger partial charge in [-0.15, -0.1) is 24.0 Å². The molecule has 0 radical (unpaired) electrons. The SMILES string of the molecule is CN=C(NCc1cnc(N(C)C)n1C)N(C)Cc1cnn(C)c1.I. The maximum Gasteiger partial charge on any atom is 0.204 e. The van der Waals surface area contributed by atoms with E-state index in [4.69, 9.17) is 0 Å². The zero-order valence-electron chi connectivity index (χ0n) is 15.2. The molecule has 0 aliphatic rings. The number of aliphatic imine (C=N–C) groups is 1. The number of imidazole rings is 1. The fourth-order valence-electron chi connectivity index (χ4n) is 2.47. The lowest BCUT2D eigenvalue weighted by Gasteiger charge is -2.21. The van der Waals surface area contributed by atoms with Crippen LogP contribution in [0.5, 0.6) is 0 Å². The summed E-state index contributed by atoms with van der Waals surface area (Å²) >= 11 is 0. The minimum absolute atomic E-state index is 0. The first-order chi connectivity index (χ1) is 10.9. The monoisotopic (exact) mass is 446 g/mol. The van der Waals surface area contributed by atoms with Gasteiger partial charge in [0.2, 0.25) is 5.95 Å². The zero-order valence-corrected chi connectivity index (χ0v) is 17.5. The van der Waals surface area contributed by atoms with Crippen molar-refractivity contribution in [2.45, 2.75) is 13.1 Å². The Bertz CT molecular complexity index is 673. The lowest BCUT2D eigenvalue weighted by molar-refractivity contribution is 0.475. The van der Waals surface area contributed by atoms with Gasteiger partial charge in [0.15, 0.2) is 5.96 Å². The second-order valence-corrected chi connectivity index (χ2v) is 5.78. The number of nitrogens with one attached hydrogen (secondary N) is 1. The first-order valence-corrected chi connectivity index (χ1v) is 7.49. The Morgan fingerprint density at radius 3 is 2.46 bits per heavy atom. The Labute approximate surface area is 160 Å². The molecule has 2 heterocycles. The van der Waals surface area contributed by atoms with E-state index < -0.39 is 0 Å². The molecule has 0 amide bonds. The van der Waals surface area contributed by atoms with Crippen LogP contribution in [-0.4, -0.2) is 58.4 Å². The minimum atomic E-state index is 0. The van der Waals surface area contributed by atoms with Gasteiger partial charge in [-0.25, -0.2) is 4.98 Å². The Morgan fingerprint density at radius 2 is 1.96 bits per heavy atom. The van der Waals surface area contributed by atoms with Crippen molar-refractivity contribution < 1.29 is 0 Å². The molecule has 0 bridgehead atoms. The van der Waals surface area contributed by atoms with E-state index in [1.165, 1.54) is 0 Å². The van der Waals surface area contributed by atoms with Gasteiger partial charge in [-0.1, -0.05) is 0 Å². The van der Waals surface area contributed by atoms with Gasteiger partial charge in [-0.3, -0.25) is 9.67 Å². The molecule has 24 heavy (non-hydrogen) atoms. The van der Waals surface area contributed by atoms with Crippen LogP contribution in [0.3, 0.4) is 0 Å². The summed E-state index contributed by atoms with van der Waals surface area (Å²) in [5.41, 5.74) is 2.25. The Hall–Kier alpha value is -1.78. The van der Waals surface area contributed by atoms with Crippen LogP contribution in [0, 0.1) is 0 Å². The van der Waals surface area contributed by atoms with Crippen LogP contribution in [0.1, 0.15) is 11.3 Å². The molecule has 1 N–H and O–H groups in total. The molecule has 0 aromatic carbocycles. The molecule has 134 valence electrons. The number of halogens is 1. The molecule has 0 unspecified atom stereocenters. The number of rotatable bonds is 5. The van der Waals surface area contributed by atoms with Gasteiger partial charge in [0.25, 0.3) is 0 Å². The third-order valence-corrected chi connectivity index (χ3v) is 3.64. The van der Waals surface area contributed by atoms with Crippen molar-refractivity contribution in [2.75, 3.05) is 33.1 Å². The van der Waals surface area contributed by atoms with Gasteiger partial charge in [-0.05, 0) is 0 Å². The van der Waals surface area contributed by atoms with E-state index in [1.807, 2.05) is 58.7 Å². The lowest BCUT2D eigenvalue weighted by Crippen LogP contribution is -2.38. The quantitative estimate of drug-likeness (QED) is 0.423. The predicted octanol–water partition coefficient (Wildman–Crippen LogP) is 1.04. The highest BCUT2D eigenvalue weighted by atomic mass is 127. The van der Waals surface area contributed by atoms with E-state index in [0.29, 0.717) is 6.54 Å². The number of aromatic nitrogens is 4. The second-order valence-electron chi connectivity index (χ2n) is 5.78. The van der Waals surface area contributed by atoms with E-state index in [2.05, 4.69) is 29.9 Å². The summed E-state index contributed by atoms with van der Waals surface area (Å²) in [6.07, 6.45) is 5.76. The fourth-order valence-corrected chi connectivity index (χ4v) is 2.47. The third-order valence-electron chi connectivity index (χ3n) is 3.64. The Morgan fingerprint density at radius 1 is 1.25 bits per heavy atom. The summed E-state index contributed by atoms with van der Waals surface area (Å²) in [5.74, 6) is 1.77. The van der Waals surface area contributed by atoms with Crippen LogP contribution in [0.4, 0.5) is 5.95 Å². The molecule has 0 saturated carbocycles. The molecule has 0 atom stereocenters. The van der Waals surface area contributed by atoms with Crippen molar-refractivity contribution in [3.63, 3.8) is 0 Å². The van der Waals surface area contributed by atoms with E-state index >= 15 is 0 Å². The second kappa shape index (κ2) is 8.90. The molecule has 2 rings (SSSR count). The van der Waals surface area contributed by atoms with Gasteiger partial charge < -0.3 is 19.7 Å². The standard InChI is InChI=1S/C15H26N8.HI/c1-16-14(21(4)10-12-7-19-22(5)11-12)17-8-13-9-18-15(20(2)3)23(13)6;/h7,9,11H,8,10H2,1-6H3,(H,16,17);1H. The van der Waals surface area contributed by atoms with E-state index in [1.54, 1.807) is 11.7 Å². The van der Waals surface area contributed by atoms with E-state index in [0.717, 1.165) is 29.7 Å².